The lowest BCUT2D eigenvalue weighted by molar-refractivity contribution is 0.643. The molecule has 0 saturated heterocycles. The molecule has 13 heavy (non-hydrogen) atoms. The molecule has 70 valence electrons. The zero-order valence-corrected chi connectivity index (χ0v) is 10.5. The van der Waals surface area contributed by atoms with E-state index < -0.39 is 0 Å². The Balaban J connectivity index is 2.90. The summed E-state index contributed by atoms with van der Waals surface area (Å²) in [6, 6.07) is 1.91. The maximum atomic E-state index is 4.17. The Morgan fingerprint density at radius 3 is 2.69 bits per heavy atom. The number of halogens is 2. The normalized spacial score (nSPS) is 10.8. The standard InChI is InChI=1S/C8H9Br2N3/c1-13(2)5-12-8-7(10)3-6(9)4-11-8/h3-5H,1-2H3. The van der Waals surface area contributed by atoms with Gasteiger partial charge in [-0.15, -0.1) is 0 Å². The predicted octanol–water partition coefficient (Wildman–Crippen LogP) is 2.83. The van der Waals surface area contributed by atoms with Gasteiger partial charge in [0, 0.05) is 24.8 Å². The van der Waals surface area contributed by atoms with Gasteiger partial charge in [-0.25, -0.2) is 9.98 Å². The van der Waals surface area contributed by atoms with E-state index in [1.54, 1.807) is 12.5 Å². The van der Waals surface area contributed by atoms with E-state index in [2.05, 4.69) is 41.8 Å². The van der Waals surface area contributed by atoms with E-state index in [1.165, 1.54) is 0 Å². The highest BCUT2D eigenvalue weighted by atomic mass is 79.9. The van der Waals surface area contributed by atoms with Crippen LogP contribution in [0.25, 0.3) is 0 Å². The van der Waals surface area contributed by atoms with Gasteiger partial charge in [-0.3, -0.25) is 0 Å². The number of hydrogen-bond acceptors (Lipinski definition) is 2. The van der Waals surface area contributed by atoms with Crippen molar-refractivity contribution in [1.82, 2.24) is 9.88 Å². The first-order valence-corrected chi connectivity index (χ1v) is 5.20. The molecular weight excluding hydrogens is 298 g/mol. The van der Waals surface area contributed by atoms with Crippen LogP contribution >= 0.6 is 31.9 Å². The molecule has 0 bridgehead atoms. The molecule has 1 aromatic rings. The first-order valence-electron chi connectivity index (χ1n) is 3.61. The van der Waals surface area contributed by atoms with Crippen molar-refractivity contribution < 1.29 is 0 Å². The second-order valence-electron chi connectivity index (χ2n) is 2.67. The number of pyridine rings is 1. The highest BCUT2D eigenvalue weighted by Crippen LogP contribution is 2.25. The molecule has 0 fully saturated rings. The molecule has 0 aromatic carbocycles. The fraction of sp³-hybridized carbons (Fsp3) is 0.250. The van der Waals surface area contributed by atoms with Gasteiger partial charge in [0.25, 0.3) is 0 Å². The second kappa shape index (κ2) is 4.72. The van der Waals surface area contributed by atoms with Gasteiger partial charge < -0.3 is 4.90 Å². The van der Waals surface area contributed by atoms with Crippen molar-refractivity contribution >= 4 is 44.0 Å². The summed E-state index contributed by atoms with van der Waals surface area (Å²) in [4.78, 5) is 10.2. The molecule has 0 aliphatic heterocycles. The topological polar surface area (TPSA) is 28.5 Å². The largest absolute Gasteiger partial charge is 0.369 e. The molecule has 0 radical (unpaired) electrons. The SMILES string of the molecule is CN(C)C=Nc1ncc(Br)cc1Br. The summed E-state index contributed by atoms with van der Waals surface area (Å²) in [6.45, 7) is 0. The van der Waals surface area contributed by atoms with Crippen molar-refractivity contribution in [3.63, 3.8) is 0 Å². The van der Waals surface area contributed by atoms with Crippen molar-refractivity contribution in [3.05, 3.63) is 21.2 Å². The van der Waals surface area contributed by atoms with Crippen molar-refractivity contribution in [3.8, 4) is 0 Å². The predicted molar refractivity (Wildman–Crippen MR) is 61.5 cm³/mol. The molecule has 0 amide bonds. The second-order valence-corrected chi connectivity index (χ2v) is 4.44. The van der Waals surface area contributed by atoms with Crippen LogP contribution in [0.3, 0.4) is 0 Å². The first kappa shape index (κ1) is 10.7. The maximum absolute atomic E-state index is 4.17. The van der Waals surface area contributed by atoms with Gasteiger partial charge in [0.05, 0.1) is 10.8 Å². The highest BCUT2D eigenvalue weighted by molar-refractivity contribution is 9.11. The van der Waals surface area contributed by atoms with Gasteiger partial charge in [0.15, 0.2) is 5.82 Å². The molecule has 0 atom stereocenters. The van der Waals surface area contributed by atoms with Gasteiger partial charge in [0.1, 0.15) is 0 Å². The zero-order chi connectivity index (χ0) is 9.84. The molecule has 0 N–H and O–H groups in total. The third-order valence-corrected chi connectivity index (χ3v) is 2.22. The minimum Gasteiger partial charge on any atom is -0.369 e. The van der Waals surface area contributed by atoms with Gasteiger partial charge >= 0.3 is 0 Å². The van der Waals surface area contributed by atoms with Crippen LogP contribution in [0, 0.1) is 0 Å². The Hall–Kier alpha value is -0.420. The third-order valence-electron chi connectivity index (χ3n) is 1.20. The van der Waals surface area contributed by atoms with Crippen molar-refractivity contribution in [2.75, 3.05) is 14.1 Å². The summed E-state index contributed by atoms with van der Waals surface area (Å²) in [5.74, 6) is 0.678. The van der Waals surface area contributed by atoms with E-state index in [1.807, 2.05) is 25.1 Å². The van der Waals surface area contributed by atoms with Crippen LogP contribution in [0.5, 0.6) is 0 Å². The Kier molecular flexibility index (Phi) is 3.87. The number of aliphatic imine (C=N–C) groups is 1. The lowest BCUT2D eigenvalue weighted by Gasteiger charge is -2.02. The molecule has 3 nitrogen and oxygen atoms in total. The van der Waals surface area contributed by atoms with Crippen LogP contribution in [0.1, 0.15) is 0 Å². The monoisotopic (exact) mass is 305 g/mol. The molecule has 1 heterocycles. The van der Waals surface area contributed by atoms with Gasteiger partial charge in [0.2, 0.25) is 0 Å². The summed E-state index contributed by atoms with van der Waals surface area (Å²) in [5, 5.41) is 0. The van der Waals surface area contributed by atoms with E-state index in [0.29, 0.717) is 5.82 Å². The Labute approximate surface area is 94.1 Å². The van der Waals surface area contributed by atoms with E-state index >= 15 is 0 Å². The lowest BCUT2D eigenvalue weighted by Crippen LogP contribution is -2.07. The number of hydrogen-bond donors (Lipinski definition) is 0. The molecular formula is C8H9Br2N3. The number of aromatic nitrogens is 1. The Morgan fingerprint density at radius 1 is 1.46 bits per heavy atom. The van der Waals surface area contributed by atoms with E-state index in [-0.39, 0.29) is 0 Å². The van der Waals surface area contributed by atoms with E-state index in [9.17, 15) is 0 Å². The molecule has 0 spiro atoms. The molecule has 5 heteroatoms. The maximum Gasteiger partial charge on any atom is 0.167 e. The highest BCUT2D eigenvalue weighted by Gasteiger charge is 1.98. The fourth-order valence-corrected chi connectivity index (χ4v) is 1.76. The van der Waals surface area contributed by atoms with Gasteiger partial charge in [-0.05, 0) is 37.9 Å². The summed E-state index contributed by atoms with van der Waals surface area (Å²) in [6.07, 6.45) is 3.42. The van der Waals surface area contributed by atoms with Crippen LogP contribution in [0.2, 0.25) is 0 Å². The van der Waals surface area contributed by atoms with E-state index in [4.69, 9.17) is 0 Å². The third kappa shape index (κ3) is 3.44. The Bertz CT molecular complexity index is 323. The molecule has 0 saturated carbocycles. The lowest BCUT2D eigenvalue weighted by atomic mass is 10.5. The van der Waals surface area contributed by atoms with Crippen LogP contribution in [-0.4, -0.2) is 30.3 Å². The number of nitrogens with zero attached hydrogens (tertiary/aromatic N) is 3. The van der Waals surface area contributed by atoms with Crippen LogP contribution in [-0.2, 0) is 0 Å². The van der Waals surface area contributed by atoms with Crippen molar-refractivity contribution in [2.24, 2.45) is 4.99 Å². The quantitative estimate of drug-likeness (QED) is 0.621. The first-order chi connectivity index (χ1) is 6.09. The van der Waals surface area contributed by atoms with Crippen molar-refractivity contribution in [2.45, 2.75) is 0 Å². The average Bonchev–Trinajstić information content (AvgIpc) is 2.02. The molecule has 0 aliphatic carbocycles. The summed E-state index contributed by atoms with van der Waals surface area (Å²) >= 11 is 6.69. The Morgan fingerprint density at radius 2 is 2.15 bits per heavy atom. The van der Waals surface area contributed by atoms with Gasteiger partial charge in [-0.2, -0.15) is 0 Å². The van der Waals surface area contributed by atoms with Crippen LogP contribution < -0.4 is 0 Å². The zero-order valence-electron chi connectivity index (χ0n) is 7.33. The number of rotatable bonds is 2. The fourth-order valence-electron chi connectivity index (χ4n) is 0.673. The summed E-state index contributed by atoms with van der Waals surface area (Å²) in [7, 11) is 3.83. The smallest absolute Gasteiger partial charge is 0.167 e. The molecule has 0 aliphatic rings. The summed E-state index contributed by atoms with van der Waals surface area (Å²) < 4.78 is 1.81. The molecule has 0 unspecified atom stereocenters. The van der Waals surface area contributed by atoms with E-state index in [0.717, 1.165) is 8.95 Å². The molecule has 1 rings (SSSR count). The van der Waals surface area contributed by atoms with Crippen LogP contribution in [0.4, 0.5) is 5.82 Å². The minimum atomic E-state index is 0.678. The van der Waals surface area contributed by atoms with Gasteiger partial charge in [-0.1, -0.05) is 0 Å². The molecule has 1 aromatic heterocycles. The summed E-state index contributed by atoms with van der Waals surface area (Å²) in [5.41, 5.74) is 0. The van der Waals surface area contributed by atoms with Crippen LogP contribution in [0.15, 0.2) is 26.2 Å². The average molecular weight is 307 g/mol. The van der Waals surface area contributed by atoms with Crippen molar-refractivity contribution in [1.29, 1.82) is 0 Å². The minimum absolute atomic E-state index is 0.678.